The summed E-state index contributed by atoms with van der Waals surface area (Å²) in [4.78, 5) is 18.8. The summed E-state index contributed by atoms with van der Waals surface area (Å²) >= 11 is 1.34. The van der Waals surface area contributed by atoms with Crippen LogP contribution in [0.2, 0.25) is 0 Å². The second-order valence-electron chi connectivity index (χ2n) is 8.92. The zero-order valence-electron chi connectivity index (χ0n) is 18.8. The SMILES string of the molecule is Cc1nc(-c2cc(S(=O)(=O)N3CCC[C@H](C(=O)NC4CCCCCCC4)C3)c(C)s2)no1. The second kappa shape index (κ2) is 10.0. The van der Waals surface area contributed by atoms with E-state index in [-0.39, 0.29) is 29.3 Å². The molecule has 4 rings (SSSR count). The molecule has 2 aromatic rings. The minimum atomic E-state index is -3.71. The highest BCUT2D eigenvalue weighted by atomic mass is 32.2. The summed E-state index contributed by atoms with van der Waals surface area (Å²) < 4.78 is 33.4. The molecule has 1 aliphatic heterocycles. The standard InChI is InChI=1S/C22H32N4O4S2/c1-15-20(13-19(31-15)21-23-16(2)30-25-21)32(28,29)26-12-8-9-17(14-26)22(27)24-18-10-6-4-3-5-7-11-18/h13,17-18H,3-12,14H2,1-2H3,(H,24,27)/t17-/m0/s1. The largest absolute Gasteiger partial charge is 0.353 e. The van der Waals surface area contributed by atoms with Gasteiger partial charge in [-0.05, 0) is 38.7 Å². The van der Waals surface area contributed by atoms with Crippen LogP contribution in [0.5, 0.6) is 0 Å². The van der Waals surface area contributed by atoms with Gasteiger partial charge in [0.05, 0.1) is 15.7 Å². The van der Waals surface area contributed by atoms with Gasteiger partial charge in [-0.25, -0.2) is 8.42 Å². The first-order valence-electron chi connectivity index (χ1n) is 11.6. The number of hydrogen-bond donors (Lipinski definition) is 1. The lowest BCUT2D eigenvalue weighted by atomic mass is 9.94. The highest BCUT2D eigenvalue weighted by molar-refractivity contribution is 7.89. The maximum absolute atomic E-state index is 13.4. The summed E-state index contributed by atoms with van der Waals surface area (Å²) in [5, 5.41) is 7.12. The van der Waals surface area contributed by atoms with Crippen LogP contribution >= 0.6 is 11.3 Å². The molecule has 1 saturated heterocycles. The number of amides is 1. The Morgan fingerprint density at radius 3 is 2.53 bits per heavy atom. The number of carbonyl (C=O) groups is 1. The molecule has 0 radical (unpaired) electrons. The van der Waals surface area contributed by atoms with Gasteiger partial charge in [-0.2, -0.15) is 9.29 Å². The van der Waals surface area contributed by atoms with E-state index < -0.39 is 10.0 Å². The molecule has 0 bridgehead atoms. The molecule has 32 heavy (non-hydrogen) atoms. The van der Waals surface area contributed by atoms with E-state index in [1.807, 2.05) is 0 Å². The fourth-order valence-electron chi connectivity index (χ4n) is 4.66. The summed E-state index contributed by atoms with van der Waals surface area (Å²) in [6, 6.07) is 1.84. The van der Waals surface area contributed by atoms with Gasteiger partial charge in [0, 0.05) is 30.9 Å². The molecular weight excluding hydrogens is 448 g/mol. The zero-order valence-corrected chi connectivity index (χ0v) is 20.4. The highest BCUT2D eigenvalue weighted by Gasteiger charge is 2.35. The molecule has 2 aliphatic rings. The van der Waals surface area contributed by atoms with E-state index in [0.717, 1.165) is 32.1 Å². The van der Waals surface area contributed by atoms with Crippen LogP contribution in [-0.4, -0.2) is 47.9 Å². The first kappa shape index (κ1) is 23.4. The molecule has 10 heteroatoms. The van der Waals surface area contributed by atoms with E-state index >= 15 is 0 Å². The lowest BCUT2D eigenvalue weighted by molar-refractivity contribution is -0.126. The number of aromatic nitrogens is 2. The molecule has 8 nitrogen and oxygen atoms in total. The molecule has 2 fully saturated rings. The van der Waals surface area contributed by atoms with Crippen LogP contribution < -0.4 is 5.32 Å². The van der Waals surface area contributed by atoms with Crippen molar-refractivity contribution in [2.75, 3.05) is 13.1 Å². The topological polar surface area (TPSA) is 105 Å². The maximum atomic E-state index is 13.4. The molecule has 1 amide bonds. The minimum Gasteiger partial charge on any atom is -0.353 e. The number of nitrogens with zero attached hydrogens (tertiary/aromatic N) is 3. The fraction of sp³-hybridized carbons (Fsp3) is 0.682. The monoisotopic (exact) mass is 480 g/mol. The van der Waals surface area contributed by atoms with E-state index in [4.69, 9.17) is 4.52 Å². The number of rotatable bonds is 5. The molecule has 1 saturated carbocycles. The van der Waals surface area contributed by atoms with Gasteiger partial charge < -0.3 is 9.84 Å². The van der Waals surface area contributed by atoms with Crippen molar-refractivity contribution in [1.82, 2.24) is 19.8 Å². The van der Waals surface area contributed by atoms with Gasteiger partial charge in [0.1, 0.15) is 0 Å². The third-order valence-corrected chi connectivity index (χ3v) is 9.61. The van der Waals surface area contributed by atoms with Crippen molar-refractivity contribution in [1.29, 1.82) is 0 Å². The van der Waals surface area contributed by atoms with Gasteiger partial charge in [0.15, 0.2) is 0 Å². The van der Waals surface area contributed by atoms with Crippen molar-refractivity contribution in [3.05, 3.63) is 16.8 Å². The molecule has 3 heterocycles. The molecule has 176 valence electrons. The van der Waals surface area contributed by atoms with Crippen LogP contribution in [0.3, 0.4) is 0 Å². The van der Waals surface area contributed by atoms with E-state index in [1.54, 1.807) is 19.9 Å². The Balaban J connectivity index is 1.45. The third-order valence-electron chi connectivity index (χ3n) is 6.44. The average molecular weight is 481 g/mol. The molecule has 0 aromatic carbocycles. The normalized spacial score (nSPS) is 21.8. The smallest absolute Gasteiger partial charge is 0.244 e. The Labute approximate surface area is 193 Å². The van der Waals surface area contributed by atoms with Gasteiger partial charge in [-0.3, -0.25) is 4.79 Å². The molecule has 1 aliphatic carbocycles. The fourth-order valence-corrected chi connectivity index (χ4v) is 7.67. The molecule has 0 unspecified atom stereocenters. The zero-order chi connectivity index (χ0) is 22.7. The van der Waals surface area contributed by atoms with Crippen molar-refractivity contribution < 1.29 is 17.7 Å². The first-order chi connectivity index (χ1) is 15.3. The van der Waals surface area contributed by atoms with Crippen LogP contribution in [0, 0.1) is 19.8 Å². The van der Waals surface area contributed by atoms with Gasteiger partial charge in [0.25, 0.3) is 0 Å². The summed E-state index contributed by atoms with van der Waals surface area (Å²) in [5.41, 5.74) is 0. The number of thiophene rings is 1. The van der Waals surface area contributed by atoms with Crippen LogP contribution in [0.15, 0.2) is 15.5 Å². The Morgan fingerprint density at radius 2 is 1.84 bits per heavy atom. The lowest BCUT2D eigenvalue weighted by Gasteiger charge is -2.32. The van der Waals surface area contributed by atoms with Crippen molar-refractivity contribution in [3.63, 3.8) is 0 Å². The predicted octanol–water partition coefficient (Wildman–Crippen LogP) is 4.04. The van der Waals surface area contributed by atoms with Crippen LogP contribution in [0.4, 0.5) is 0 Å². The van der Waals surface area contributed by atoms with E-state index in [1.165, 1.54) is 34.9 Å². The molecule has 1 atom stereocenters. The summed E-state index contributed by atoms with van der Waals surface area (Å²) in [6.07, 6.45) is 9.49. The van der Waals surface area contributed by atoms with Crippen molar-refractivity contribution >= 4 is 27.3 Å². The summed E-state index contributed by atoms with van der Waals surface area (Å²) in [6.45, 7) is 4.15. The van der Waals surface area contributed by atoms with Gasteiger partial charge in [0.2, 0.25) is 27.6 Å². The Hall–Kier alpha value is -1.78. The van der Waals surface area contributed by atoms with Crippen molar-refractivity contribution in [2.24, 2.45) is 5.92 Å². The van der Waals surface area contributed by atoms with E-state index in [9.17, 15) is 13.2 Å². The number of aryl methyl sites for hydroxylation is 2. The maximum Gasteiger partial charge on any atom is 0.244 e. The Morgan fingerprint density at radius 1 is 1.12 bits per heavy atom. The number of carbonyl (C=O) groups excluding carboxylic acids is 1. The summed E-state index contributed by atoms with van der Waals surface area (Å²) in [7, 11) is -3.71. The lowest BCUT2D eigenvalue weighted by Crippen LogP contribution is -2.47. The molecular formula is C22H32N4O4S2. The number of sulfonamides is 1. The quantitative estimate of drug-likeness (QED) is 0.692. The molecule has 1 N–H and O–H groups in total. The van der Waals surface area contributed by atoms with Crippen LogP contribution in [-0.2, 0) is 14.8 Å². The second-order valence-corrected chi connectivity index (χ2v) is 12.1. The van der Waals surface area contributed by atoms with Crippen LogP contribution in [0.1, 0.15) is 68.6 Å². The minimum absolute atomic E-state index is 0.000440. The van der Waals surface area contributed by atoms with Crippen molar-refractivity contribution in [2.45, 2.75) is 82.6 Å². The van der Waals surface area contributed by atoms with Gasteiger partial charge in [-0.1, -0.05) is 37.3 Å². The summed E-state index contributed by atoms with van der Waals surface area (Å²) in [5.74, 6) is 0.527. The van der Waals surface area contributed by atoms with Crippen molar-refractivity contribution in [3.8, 4) is 10.7 Å². The Bertz CT molecular complexity index is 1040. The number of hydrogen-bond acceptors (Lipinski definition) is 7. The average Bonchev–Trinajstić information content (AvgIpc) is 3.36. The van der Waals surface area contributed by atoms with Gasteiger partial charge in [-0.15, -0.1) is 11.3 Å². The predicted molar refractivity (Wildman–Crippen MR) is 123 cm³/mol. The van der Waals surface area contributed by atoms with Gasteiger partial charge >= 0.3 is 0 Å². The van der Waals surface area contributed by atoms with E-state index in [0.29, 0.717) is 34.4 Å². The first-order valence-corrected chi connectivity index (χ1v) is 13.8. The van der Waals surface area contributed by atoms with E-state index in [2.05, 4.69) is 15.5 Å². The third kappa shape index (κ3) is 5.23. The number of piperidine rings is 1. The Kier molecular flexibility index (Phi) is 7.31. The molecule has 0 spiro atoms. The van der Waals surface area contributed by atoms with Crippen LogP contribution in [0.25, 0.3) is 10.7 Å². The molecule has 2 aromatic heterocycles. The highest BCUT2D eigenvalue weighted by Crippen LogP contribution is 2.35. The number of nitrogens with one attached hydrogen (secondary N) is 1.